The minimum Gasteiger partial charge on any atom is -0.356 e. The van der Waals surface area contributed by atoms with Gasteiger partial charge in [0.05, 0.1) is 0 Å². The highest BCUT2D eigenvalue weighted by molar-refractivity contribution is 5.76. The van der Waals surface area contributed by atoms with Gasteiger partial charge in [0.15, 0.2) is 0 Å². The predicted octanol–water partition coefficient (Wildman–Crippen LogP) is 0.956. The Kier molecular flexibility index (Phi) is 5.46. The second-order valence-corrected chi connectivity index (χ2v) is 4.44. The number of rotatable bonds is 6. The largest absolute Gasteiger partial charge is 0.356 e. The molecule has 0 aliphatic carbocycles. The molecule has 4 heteroatoms. The van der Waals surface area contributed by atoms with Crippen molar-refractivity contribution in [3.63, 3.8) is 0 Å². The summed E-state index contributed by atoms with van der Waals surface area (Å²) in [7, 11) is 0. The molecule has 1 N–H and O–H groups in total. The summed E-state index contributed by atoms with van der Waals surface area (Å²) >= 11 is 0. The molecule has 1 unspecified atom stereocenters. The van der Waals surface area contributed by atoms with Crippen molar-refractivity contribution >= 4 is 11.7 Å². The van der Waals surface area contributed by atoms with Gasteiger partial charge in [-0.1, -0.05) is 0 Å². The first-order valence-electron chi connectivity index (χ1n) is 6.13. The van der Waals surface area contributed by atoms with E-state index >= 15 is 0 Å². The highest BCUT2D eigenvalue weighted by atomic mass is 16.1. The molecule has 1 saturated heterocycles. The first-order chi connectivity index (χ1) is 7.63. The molecule has 1 aliphatic rings. The number of nitrogens with one attached hydrogen (secondary N) is 1. The van der Waals surface area contributed by atoms with Crippen LogP contribution >= 0.6 is 0 Å². The van der Waals surface area contributed by atoms with Crippen LogP contribution in [0.2, 0.25) is 0 Å². The van der Waals surface area contributed by atoms with Crippen LogP contribution in [0, 0.1) is 0 Å². The SMILES string of the molecule is CCNC(=O)CCN1CCCC1CC(C)=O. The molecule has 1 atom stereocenters. The van der Waals surface area contributed by atoms with E-state index in [2.05, 4.69) is 10.2 Å². The van der Waals surface area contributed by atoms with Gasteiger partial charge in [0, 0.05) is 32.0 Å². The van der Waals surface area contributed by atoms with Gasteiger partial charge in [0.2, 0.25) is 5.91 Å². The van der Waals surface area contributed by atoms with Gasteiger partial charge < -0.3 is 5.32 Å². The fourth-order valence-corrected chi connectivity index (χ4v) is 2.28. The number of carbonyl (C=O) groups is 2. The monoisotopic (exact) mass is 226 g/mol. The smallest absolute Gasteiger partial charge is 0.221 e. The summed E-state index contributed by atoms with van der Waals surface area (Å²) in [6.07, 6.45) is 3.42. The fraction of sp³-hybridized carbons (Fsp3) is 0.833. The lowest BCUT2D eigenvalue weighted by atomic mass is 10.1. The second-order valence-electron chi connectivity index (χ2n) is 4.44. The molecule has 0 bridgehead atoms. The number of ketones is 1. The average Bonchev–Trinajstić information content (AvgIpc) is 2.62. The van der Waals surface area contributed by atoms with Gasteiger partial charge in [-0.05, 0) is 33.2 Å². The van der Waals surface area contributed by atoms with Gasteiger partial charge in [0.1, 0.15) is 5.78 Å². The first kappa shape index (κ1) is 13.2. The Morgan fingerprint density at radius 1 is 1.44 bits per heavy atom. The Balaban J connectivity index is 2.29. The molecule has 0 spiro atoms. The number of carbonyl (C=O) groups excluding carboxylic acids is 2. The number of nitrogens with zero attached hydrogens (tertiary/aromatic N) is 1. The minimum absolute atomic E-state index is 0.107. The first-order valence-corrected chi connectivity index (χ1v) is 6.13. The fourth-order valence-electron chi connectivity index (χ4n) is 2.28. The van der Waals surface area contributed by atoms with Gasteiger partial charge >= 0.3 is 0 Å². The zero-order chi connectivity index (χ0) is 12.0. The third-order valence-electron chi connectivity index (χ3n) is 3.02. The number of Topliss-reactive ketones (excluding diaryl/α,β-unsaturated/α-hetero) is 1. The summed E-state index contributed by atoms with van der Waals surface area (Å²) in [5.74, 6) is 0.353. The van der Waals surface area contributed by atoms with Crippen LogP contribution in [-0.2, 0) is 9.59 Å². The zero-order valence-electron chi connectivity index (χ0n) is 10.3. The summed E-state index contributed by atoms with van der Waals surface area (Å²) in [5.41, 5.74) is 0. The van der Waals surface area contributed by atoms with Crippen molar-refractivity contribution in [2.24, 2.45) is 0 Å². The summed E-state index contributed by atoms with van der Waals surface area (Å²) < 4.78 is 0. The number of likely N-dealkylation sites (tertiary alicyclic amines) is 1. The number of hydrogen-bond donors (Lipinski definition) is 1. The highest BCUT2D eigenvalue weighted by Crippen LogP contribution is 2.20. The molecule has 0 radical (unpaired) electrons. The summed E-state index contributed by atoms with van der Waals surface area (Å²) in [4.78, 5) is 24.7. The topological polar surface area (TPSA) is 49.4 Å². The molecule has 4 nitrogen and oxygen atoms in total. The number of amides is 1. The van der Waals surface area contributed by atoms with Crippen LogP contribution in [-0.4, -0.2) is 42.3 Å². The summed E-state index contributed by atoms with van der Waals surface area (Å²) in [6, 6.07) is 0.368. The van der Waals surface area contributed by atoms with Crippen molar-refractivity contribution in [2.45, 2.75) is 45.6 Å². The van der Waals surface area contributed by atoms with E-state index in [1.165, 1.54) is 0 Å². The standard InChI is InChI=1S/C12H22N2O2/c1-3-13-12(16)6-8-14-7-4-5-11(14)9-10(2)15/h11H,3-9H2,1-2H3,(H,13,16). The third kappa shape index (κ3) is 4.31. The normalized spacial score (nSPS) is 21.0. The van der Waals surface area contributed by atoms with E-state index in [0.717, 1.165) is 25.9 Å². The Morgan fingerprint density at radius 3 is 2.81 bits per heavy atom. The highest BCUT2D eigenvalue weighted by Gasteiger charge is 2.25. The molecule has 0 aromatic heterocycles. The lowest BCUT2D eigenvalue weighted by molar-refractivity contribution is -0.121. The maximum atomic E-state index is 11.3. The molecule has 1 heterocycles. The van der Waals surface area contributed by atoms with Crippen molar-refractivity contribution in [3.8, 4) is 0 Å². The molecule has 0 aromatic carbocycles. The van der Waals surface area contributed by atoms with Crippen LogP contribution in [0.15, 0.2) is 0 Å². The van der Waals surface area contributed by atoms with E-state index in [-0.39, 0.29) is 11.7 Å². The van der Waals surface area contributed by atoms with Crippen LogP contribution < -0.4 is 5.32 Å². The van der Waals surface area contributed by atoms with Crippen molar-refractivity contribution in [1.29, 1.82) is 0 Å². The lowest BCUT2D eigenvalue weighted by Crippen LogP contribution is -2.35. The average molecular weight is 226 g/mol. The molecular formula is C12H22N2O2. The van der Waals surface area contributed by atoms with E-state index in [1.807, 2.05) is 6.92 Å². The zero-order valence-corrected chi connectivity index (χ0v) is 10.3. The third-order valence-corrected chi connectivity index (χ3v) is 3.02. The Labute approximate surface area is 97.4 Å². The van der Waals surface area contributed by atoms with Crippen LogP contribution in [0.4, 0.5) is 0 Å². The molecule has 92 valence electrons. The van der Waals surface area contributed by atoms with Crippen molar-refractivity contribution in [1.82, 2.24) is 10.2 Å². The molecule has 16 heavy (non-hydrogen) atoms. The molecule has 1 amide bonds. The van der Waals surface area contributed by atoms with Gasteiger partial charge in [-0.3, -0.25) is 14.5 Å². The molecule has 0 saturated carbocycles. The Morgan fingerprint density at radius 2 is 2.19 bits per heavy atom. The van der Waals surface area contributed by atoms with E-state index in [0.29, 0.717) is 25.4 Å². The van der Waals surface area contributed by atoms with Gasteiger partial charge in [-0.25, -0.2) is 0 Å². The van der Waals surface area contributed by atoms with Crippen LogP contribution in [0.3, 0.4) is 0 Å². The Hall–Kier alpha value is -0.900. The maximum absolute atomic E-state index is 11.3. The van der Waals surface area contributed by atoms with E-state index in [9.17, 15) is 9.59 Å². The number of hydrogen-bond acceptors (Lipinski definition) is 3. The molecule has 1 aliphatic heterocycles. The lowest BCUT2D eigenvalue weighted by Gasteiger charge is -2.23. The predicted molar refractivity (Wildman–Crippen MR) is 63.2 cm³/mol. The quantitative estimate of drug-likeness (QED) is 0.734. The molecule has 0 aromatic rings. The van der Waals surface area contributed by atoms with Crippen LogP contribution in [0.5, 0.6) is 0 Å². The summed E-state index contributed by atoms with van der Waals surface area (Å²) in [5, 5.41) is 2.79. The molecule has 1 fully saturated rings. The summed E-state index contributed by atoms with van der Waals surface area (Å²) in [6.45, 7) is 6.06. The van der Waals surface area contributed by atoms with Gasteiger partial charge in [-0.15, -0.1) is 0 Å². The Bertz CT molecular complexity index is 253. The van der Waals surface area contributed by atoms with Crippen molar-refractivity contribution < 1.29 is 9.59 Å². The van der Waals surface area contributed by atoms with Crippen LogP contribution in [0.25, 0.3) is 0 Å². The van der Waals surface area contributed by atoms with Gasteiger partial charge in [0.25, 0.3) is 0 Å². The van der Waals surface area contributed by atoms with Crippen molar-refractivity contribution in [2.75, 3.05) is 19.6 Å². The maximum Gasteiger partial charge on any atom is 0.221 e. The molecule has 1 rings (SSSR count). The van der Waals surface area contributed by atoms with E-state index in [4.69, 9.17) is 0 Å². The molecular weight excluding hydrogens is 204 g/mol. The van der Waals surface area contributed by atoms with Gasteiger partial charge in [-0.2, -0.15) is 0 Å². The van der Waals surface area contributed by atoms with E-state index in [1.54, 1.807) is 6.92 Å². The second kappa shape index (κ2) is 6.63. The van der Waals surface area contributed by atoms with Crippen LogP contribution in [0.1, 0.15) is 39.5 Å². The van der Waals surface area contributed by atoms with E-state index < -0.39 is 0 Å². The minimum atomic E-state index is 0.107. The van der Waals surface area contributed by atoms with Crippen molar-refractivity contribution in [3.05, 3.63) is 0 Å².